The molecule has 19 nitrogen and oxygen atoms in total. The van der Waals surface area contributed by atoms with Crippen LogP contribution in [0.15, 0.2) is 78.0 Å². The number of benzene rings is 2. The average Bonchev–Trinajstić information content (AvgIpc) is 3.90. The van der Waals surface area contributed by atoms with E-state index >= 15 is 0 Å². The molecule has 2 aromatic carbocycles. The van der Waals surface area contributed by atoms with Gasteiger partial charge in [0.2, 0.25) is 5.13 Å². The summed E-state index contributed by atoms with van der Waals surface area (Å²) in [6.45, 7) is 7.64. The van der Waals surface area contributed by atoms with Gasteiger partial charge in [0, 0.05) is 17.7 Å². The highest BCUT2D eigenvalue weighted by Crippen LogP contribution is 2.37. The SMILES string of the molecule is C=CC(=O)OCCCCOC(=O)C1CCC(OC(=O)C2CCC(C(=O)Oc3ccc(OC(=O)C4CCC(C(=O)OC5CCC(C(=O)OCCCCOC(=O)C=C)CC5)CC4)c(CN=Nc4nc5ccccc5s4)c3)CC2)CC1. The molecule has 0 spiro atoms. The molecule has 7 rings (SSSR count). The van der Waals surface area contributed by atoms with Gasteiger partial charge >= 0.3 is 47.8 Å². The number of aromatic nitrogens is 1. The molecule has 0 bridgehead atoms. The molecule has 0 unspecified atom stereocenters. The number of azo groups is 1. The molecule has 4 aliphatic carbocycles. The van der Waals surface area contributed by atoms with Crippen molar-refractivity contribution in [1.29, 1.82) is 0 Å². The summed E-state index contributed by atoms with van der Waals surface area (Å²) in [4.78, 5) is 106. The number of unbranched alkanes of at least 4 members (excludes halogenated alkanes) is 2. The first-order chi connectivity index (χ1) is 37.8. The molecule has 20 heteroatoms. The third-order valence-electron chi connectivity index (χ3n) is 14.9. The van der Waals surface area contributed by atoms with Gasteiger partial charge in [-0.15, -0.1) is 5.11 Å². The van der Waals surface area contributed by atoms with E-state index in [0.29, 0.717) is 139 Å². The summed E-state index contributed by atoms with van der Waals surface area (Å²) in [6, 6.07) is 12.4. The van der Waals surface area contributed by atoms with Gasteiger partial charge < -0.3 is 37.9 Å². The van der Waals surface area contributed by atoms with Gasteiger partial charge in [0.15, 0.2) is 0 Å². The maximum atomic E-state index is 13.7. The minimum Gasteiger partial charge on any atom is -0.465 e. The number of carbonyl (C=O) groups is 8. The van der Waals surface area contributed by atoms with Crippen LogP contribution in [0, 0.1) is 35.5 Å². The van der Waals surface area contributed by atoms with Crippen LogP contribution in [0.2, 0.25) is 0 Å². The number of carbonyl (C=O) groups excluding carboxylic acids is 8. The number of fused-ring (bicyclic) bond motifs is 1. The zero-order valence-corrected chi connectivity index (χ0v) is 45.0. The first-order valence-electron chi connectivity index (χ1n) is 27.5. The molecule has 1 aromatic heterocycles. The zero-order valence-electron chi connectivity index (χ0n) is 44.2. The fourth-order valence-corrected chi connectivity index (χ4v) is 11.0. The Morgan fingerprint density at radius 3 is 1.41 bits per heavy atom. The van der Waals surface area contributed by atoms with E-state index in [9.17, 15) is 38.4 Å². The van der Waals surface area contributed by atoms with Crippen LogP contribution < -0.4 is 9.47 Å². The first kappa shape index (κ1) is 58.8. The van der Waals surface area contributed by atoms with Crippen molar-refractivity contribution in [3.63, 3.8) is 0 Å². The Bertz CT molecular complexity index is 2570. The molecule has 0 radical (unpaired) electrons. The van der Waals surface area contributed by atoms with Crippen LogP contribution in [-0.4, -0.2) is 91.4 Å². The maximum absolute atomic E-state index is 13.7. The minimum absolute atomic E-state index is 0.0147. The summed E-state index contributed by atoms with van der Waals surface area (Å²) in [6.07, 6.45) is 11.9. The largest absolute Gasteiger partial charge is 0.465 e. The van der Waals surface area contributed by atoms with Gasteiger partial charge in [0.05, 0.1) is 78.7 Å². The number of hydrogen-bond donors (Lipinski definition) is 0. The number of nitrogens with zero attached hydrogens (tertiary/aromatic N) is 3. The monoisotopic (exact) mass is 1100 g/mol. The van der Waals surface area contributed by atoms with E-state index in [2.05, 4.69) is 28.4 Å². The summed E-state index contributed by atoms with van der Waals surface area (Å²) >= 11 is 1.38. The molecule has 420 valence electrons. The van der Waals surface area contributed by atoms with Crippen molar-refractivity contribution in [2.75, 3.05) is 26.4 Å². The number of rotatable bonds is 25. The molecule has 0 N–H and O–H groups in total. The van der Waals surface area contributed by atoms with Crippen LogP contribution in [-0.2, 0) is 73.3 Å². The van der Waals surface area contributed by atoms with E-state index in [-0.39, 0.29) is 104 Å². The highest BCUT2D eigenvalue weighted by molar-refractivity contribution is 7.21. The zero-order chi connectivity index (χ0) is 55.2. The average molecular weight is 1100 g/mol. The molecule has 0 aliphatic heterocycles. The Labute approximate surface area is 458 Å². The molecule has 4 saturated carbocycles. The van der Waals surface area contributed by atoms with Crippen LogP contribution in [0.5, 0.6) is 11.5 Å². The van der Waals surface area contributed by atoms with Crippen molar-refractivity contribution >= 4 is 74.4 Å². The summed E-state index contributed by atoms with van der Waals surface area (Å²) in [5.74, 6) is -4.64. The highest BCUT2D eigenvalue weighted by atomic mass is 32.1. The molecule has 4 aliphatic rings. The Balaban J connectivity index is 0.841. The van der Waals surface area contributed by atoms with Crippen molar-refractivity contribution < 1.29 is 76.3 Å². The summed E-state index contributed by atoms with van der Waals surface area (Å²) in [5, 5.41) is 9.19. The van der Waals surface area contributed by atoms with Gasteiger partial charge in [0.25, 0.3) is 0 Å². The number of ether oxygens (including phenoxy) is 8. The lowest BCUT2D eigenvalue weighted by molar-refractivity contribution is -0.161. The van der Waals surface area contributed by atoms with Crippen molar-refractivity contribution in [1.82, 2.24) is 4.98 Å². The van der Waals surface area contributed by atoms with E-state index in [1.807, 2.05) is 24.3 Å². The third-order valence-corrected chi connectivity index (χ3v) is 15.8. The normalized spacial score (nSPS) is 23.2. The number of hydrogen-bond acceptors (Lipinski definition) is 20. The van der Waals surface area contributed by atoms with Crippen molar-refractivity contribution in [3.05, 3.63) is 73.3 Å². The second kappa shape index (κ2) is 30.4. The van der Waals surface area contributed by atoms with E-state index in [1.165, 1.54) is 11.3 Å². The number of esters is 8. The van der Waals surface area contributed by atoms with Crippen LogP contribution >= 0.6 is 11.3 Å². The summed E-state index contributed by atoms with van der Waals surface area (Å²) in [7, 11) is 0. The molecular formula is C58H71N3O16S. The minimum atomic E-state index is -0.488. The Morgan fingerprint density at radius 2 is 0.936 bits per heavy atom. The van der Waals surface area contributed by atoms with Crippen LogP contribution in [0.3, 0.4) is 0 Å². The van der Waals surface area contributed by atoms with Crippen molar-refractivity contribution in [2.45, 2.75) is 147 Å². The summed E-state index contributed by atoms with van der Waals surface area (Å²) in [5.41, 5.74) is 1.25. The molecule has 0 saturated heterocycles. The molecule has 0 atom stereocenters. The molecule has 3 aromatic rings. The smallest absolute Gasteiger partial charge is 0.330 e. The Hall–Kier alpha value is -6.83. The Kier molecular flexibility index (Phi) is 22.9. The lowest BCUT2D eigenvalue weighted by Crippen LogP contribution is -2.33. The number of thiazole rings is 1. The fraction of sp³-hybridized carbons (Fsp3) is 0.569. The molecule has 4 fully saturated rings. The van der Waals surface area contributed by atoms with Crippen LogP contribution in [0.25, 0.3) is 10.2 Å². The van der Waals surface area contributed by atoms with Gasteiger partial charge in [-0.1, -0.05) is 36.6 Å². The predicted octanol–water partition coefficient (Wildman–Crippen LogP) is 10.3. The summed E-state index contributed by atoms with van der Waals surface area (Å²) < 4.78 is 45.4. The first-order valence-corrected chi connectivity index (χ1v) is 28.3. The lowest BCUT2D eigenvalue weighted by Gasteiger charge is -2.30. The topological polar surface area (TPSA) is 248 Å². The van der Waals surface area contributed by atoms with Gasteiger partial charge in [-0.2, -0.15) is 5.11 Å². The quantitative estimate of drug-likeness (QED) is 0.0191. The molecule has 1 heterocycles. The second-order valence-electron chi connectivity index (χ2n) is 20.4. The van der Waals surface area contributed by atoms with E-state index < -0.39 is 35.7 Å². The van der Waals surface area contributed by atoms with Crippen LogP contribution in [0.4, 0.5) is 5.13 Å². The van der Waals surface area contributed by atoms with Gasteiger partial charge in [0.1, 0.15) is 23.7 Å². The molecule has 78 heavy (non-hydrogen) atoms. The van der Waals surface area contributed by atoms with E-state index in [0.717, 1.165) is 22.4 Å². The van der Waals surface area contributed by atoms with E-state index in [1.54, 1.807) is 18.2 Å². The Morgan fingerprint density at radius 1 is 0.513 bits per heavy atom. The fourth-order valence-electron chi connectivity index (χ4n) is 10.2. The van der Waals surface area contributed by atoms with Gasteiger partial charge in [-0.3, -0.25) is 28.8 Å². The van der Waals surface area contributed by atoms with Gasteiger partial charge in [-0.25, -0.2) is 14.6 Å². The lowest BCUT2D eigenvalue weighted by atomic mass is 9.82. The standard InChI is InChI=1S/C58H71N3O16S/c1-3-50(62)70-31-7-9-33-72-52(64)37-21-25-44(26-22-37)74-54(66)39-13-15-41(16-14-39)56(68)76-46-29-30-48(43(35-46)36-59-61-58-60-47-11-5-6-12-49(47)78-58)77-57(69)42-19-17-40(18-20-42)55(67)75-45-27-23-38(24-28-45)53(65)73-34-10-8-32-71-51(63)4-2/h3-6,11-12,29-30,35,37-42,44-45H,1-2,7-10,13-28,31-34,36H2. The second-order valence-corrected chi connectivity index (χ2v) is 21.4. The van der Waals surface area contributed by atoms with E-state index in [4.69, 9.17) is 37.9 Å². The molecule has 0 amide bonds. The number of para-hydroxylation sites is 1. The van der Waals surface area contributed by atoms with Crippen LogP contribution in [0.1, 0.15) is 134 Å². The highest BCUT2D eigenvalue weighted by Gasteiger charge is 2.37. The van der Waals surface area contributed by atoms with Gasteiger partial charge in [-0.05, 0) is 159 Å². The van der Waals surface area contributed by atoms with Crippen molar-refractivity contribution in [2.24, 2.45) is 45.7 Å². The third kappa shape index (κ3) is 18.1. The maximum Gasteiger partial charge on any atom is 0.330 e. The van der Waals surface area contributed by atoms with Crippen molar-refractivity contribution in [3.8, 4) is 11.5 Å². The predicted molar refractivity (Wildman–Crippen MR) is 283 cm³/mol. The molecular weight excluding hydrogens is 1030 g/mol.